The van der Waals surface area contributed by atoms with E-state index in [1.165, 1.54) is 5.56 Å². The summed E-state index contributed by atoms with van der Waals surface area (Å²) in [6.07, 6.45) is 5.05. The average molecular weight is 327 g/mol. The molecule has 4 heterocycles. The zero-order valence-corrected chi connectivity index (χ0v) is 14.2. The van der Waals surface area contributed by atoms with E-state index < -0.39 is 0 Å². The lowest BCUT2D eigenvalue weighted by Crippen LogP contribution is -2.49. The maximum Gasteiger partial charge on any atom is 0.0947 e. The van der Waals surface area contributed by atoms with Crippen LogP contribution >= 0.6 is 0 Å². The number of aryl methyl sites for hydroxylation is 1. The van der Waals surface area contributed by atoms with Gasteiger partial charge in [-0.3, -0.25) is 14.8 Å². The number of pyridine rings is 1. The summed E-state index contributed by atoms with van der Waals surface area (Å²) in [5.74, 6) is 0. The number of hydrogen-bond donors (Lipinski definition) is 0. The Morgan fingerprint density at radius 3 is 3.04 bits per heavy atom. The molecule has 2 aliphatic heterocycles. The van der Waals surface area contributed by atoms with Gasteiger partial charge in [-0.2, -0.15) is 0 Å². The van der Waals surface area contributed by atoms with Crippen molar-refractivity contribution >= 4 is 0 Å². The first kappa shape index (κ1) is 15.8. The second-order valence-electron chi connectivity index (χ2n) is 6.95. The molecule has 5 heteroatoms. The van der Waals surface area contributed by atoms with Crippen LogP contribution in [0.2, 0.25) is 0 Å². The van der Waals surface area contributed by atoms with Gasteiger partial charge >= 0.3 is 0 Å². The van der Waals surface area contributed by atoms with Crippen LogP contribution in [0.1, 0.15) is 23.4 Å². The van der Waals surface area contributed by atoms with Crippen molar-refractivity contribution in [2.45, 2.75) is 38.6 Å². The van der Waals surface area contributed by atoms with Crippen LogP contribution in [0.4, 0.5) is 0 Å². The molecule has 0 aliphatic carbocycles. The Labute approximate surface area is 143 Å². The second kappa shape index (κ2) is 7.05. The fraction of sp³-hybridized carbons (Fsp3) is 0.526. The third kappa shape index (κ3) is 3.69. The number of piperazine rings is 1. The molecule has 128 valence electrons. The van der Waals surface area contributed by atoms with E-state index in [2.05, 4.69) is 20.9 Å². The van der Waals surface area contributed by atoms with Gasteiger partial charge in [0.15, 0.2) is 0 Å². The van der Waals surface area contributed by atoms with Gasteiger partial charge in [-0.15, -0.1) is 0 Å². The third-order valence-electron chi connectivity index (χ3n) is 5.06. The van der Waals surface area contributed by atoms with Gasteiger partial charge in [0.1, 0.15) is 0 Å². The third-order valence-corrected chi connectivity index (χ3v) is 5.06. The predicted molar refractivity (Wildman–Crippen MR) is 91.5 cm³/mol. The summed E-state index contributed by atoms with van der Waals surface area (Å²) in [7, 11) is 0. The molecule has 0 bridgehead atoms. The first-order valence-electron chi connectivity index (χ1n) is 8.78. The van der Waals surface area contributed by atoms with Gasteiger partial charge in [0.05, 0.1) is 30.9 Å². The predicted octanol–water partition coefficient (Wildman–Crippen LogP) is 2.46. The SMILES string of the molecule is Cc1cccc(CO[C@H]2C[C@H]3CN(Cc4ccoc4)CCN3C2)n1. The lowest BCUT2D eigenvalue weighted by atomic mass is 10.1. The Morgan fingerprint density at radius 2 is 2.21 bits per heavy atom. The maximum atomic E-state index is 6.14. The van der Waals surface area contributed by atoms with E-state index in [0.717, 1.165) is 50.5 Å². The van der Waals surface area contributed by atoms with Crippen LogP contribution in [0, 0.1) is 6.92 Å². The quantitative estimate of drug-likeness (QED) is 0.844. The van der Waals surface area contributed by atoms with Gasteiger partial charge in [0, 0.05) is 50.0 Å². The molecule has 0 saturated carbocycles. The van der Waals surface area contributed by atoms with Crippen LogP contribution in [0.5, 0.6) is 0 Å². The smallest absolute Gasteiger partial charge is 0.0947 e. The van der Waals surface area contributed by atoms with E-state index in [1.54, 1.807) is 6.26 Å². The molecule has 2 atom stereocenters. The fourth-order valence-electron chi connectivity index (χ4n) is 3.85. The molecule has 0 radical (unpaired) electrons. The standard InChI is InChI=1S/C19H25N3O2/c1-15-3-2-4-17(20-15)14-24-19-9-18-11-21(6-7-22(18)12-19)10-16-5-8-23-13-16/h2-5,8,13,18-19H,6-7,9-12,14H2,1H3/t18-,19-/m0/s1. The summed E-state index contributed by atoms with van der Waals surface area (Å²) < 4.78 is 11.3. The van der Waals surface area contributed by atoms with Crippen molar-refractivity contribution in [2.75, 3.05) is 26.2 Å². The lowest BCUT2D eigenvalue weighted by Gasteiger charge is -2.37. The van der Waals surface area contributed by atoms with Crippen molar-refractivity contribution in [1.29, 1.82) is 0 Å². The number of rotatable bonds is 5. The van der Waals surface area contributed by atoms with Crippen LogP contribution in [-0.4, -0.2) is 53.1 Å². The van der Waals surface area contributed by atoms with Gasteiger partial charge in [-0.1, -0.05) is 6.07 Å². The minimum atomic E-state index is 0.325. The summed E-state index contributed by atoms with van der Waals surface area (Å²) in [6.45, 7) is 8.04. The van der Waals surface area contributed by atoms with Crippen LogP contribution in [0.25, 0.3) is 0 Å². The first-order valence-corrected chi connectivity index (χ1v) is 8.78. The van der Waals surface area contributed by atoms with E-state index in [1.807, 2.05) is 31.4 Å². The van der Waals surface area contributed by atoms with Crippen molar-refractivity contribution in [1.82, 2.24) is 14.8 Å². The Morgan fingerprint density at radius 1 is 1.25 bits per heavy atom. The molecule has 24 heavy (non-hydrogen) atoms. The second-order valence-corrected chi connectivity index (χ2v) is 6.95. The molecule has 2 saturated heterocycles. The molecule has 2 aromatic rings. The van der Waals surface area contributed by atoms with Gasteiger partial charge in [-0.25, -0.2) is 0 Å². The summed E-state index contributed by atoms with van der Waals surface area (Å²) in [5.41, 5.74) is 3.34. The molecule has 0 aromatic carbocycles. The Balaban J connectivity index is 1.28. The van der Waals surface area contributed by atoms with Crippen molar-refractivity contribution < 1.29 is 9.15 Å². The molecular formula is C19H25N3O2. The molecule has 0 spiro atoms. The van der Waals surface area contributed by atoms with Crippen LogP contribution in [-0.2, 0) is 17.9 Å². The summed E-state index contributed by atoms with van der Waals surface area (Å²) >= 11 is 0. The van der Waals surface area contributed by atoms with E-state index in [0.29, 0.717) is 18.8 Å². The summed E-state index contributed by atoms with van der Waals surface area (Å²) in [6, 6.07) is 8.78. The van der Waals surface area contributed by atoms with E-state index in [4.69, 9.17) is 9.15 Å². The Hall–Kier alpha value is -1.69. The molecule has 2 aromatic heterocycles. The molecule has 2 aliphatic rings. The number of hydrogen-bond acceptors (Lipinski definition) is 5. The molecule has 0 unspecified atom stereocenters. The zero-order chi connectivity index (χ0) is 16.4. The van der Waals surface area contributed by atoms with Crippen LogP contribution in [0.15, 0.2) is 41.2 Å². The molecule has 4 rings (SSSR count). The normalized spacial score (nSPS) is 25.0. The highest BCUT2D eigenvalue weighted by Crippen LogP contribution is 2.25. The largest absolute Gasteiger partial charge is 0.472 e. The highest BCUT2D eigenvalue weighted by Gasteiger charge is 2.36. The van der Waals surface area contributed by atoms with Crippen LogP contribution in [0.3, 0.4) is 0 Å². The lowest BCUT2D eigenvalue weighted by molar-refractivity contribution is 0.0439. The van der Waals surface area contributed by atoms with E-state index in [9.17, 15) is 0 Å². The van der Waals surface area contributed by atoms with Gasteiger partial charge < -0.3 is 9.15 Å². The number of ether oxygens (including phenoxy) is 1. The van der Waals surface area contributed by atoms with Crippen molar-refractivity contribution in [2.24, 2.45) is 0 Å². The number of aromatic nitrogens is 1. The first-order chi connectivity index (χ1) is 11.8. The van der Waals surface area contributed by atoms with Gasteiger partial charge in [-0.05, 0) is 31.5 Å². The van der Waals surface area contributed by atoms with E-state index in [-0.39, 0.29) is 0 Å². The van der Waals surface area contributed by atoms with Crippen molar-refractivity contribution in [3.05, 3.63) is 53.7 Å². The minimum Gasteiger partial charge on any atom is -0.472 e. The maximum absolute atomic E-state index is 6.14. The Kier molecular flexibility index (Phi) is 4.65. The highest BCUT2D eigenvalue weighted by molar-refractivity contribution is 5.09. The fourth-order valence-corrected chi connectivity index (χ4v) is 3.85. The molecule has 2 fully saturated rings. The number of fused-ring (bicyclic) bond motifs is 1. The molecular weight excluding hydrogens is 302 g/mol. The van der Waals surface area contributed by atoms with Crippen molar-refractivity contribution in [3.8, 4) is 0 Å². The monoisotopic (exact) mass is 327 g/mol. The Bertz CT molecular complexity index is 658. The minimum absolute atomic E-state index is 0.325. The van der Waals surface area contributed by atoms with Gasteiger partial charge in [0.2, 0.25) is 0 Å². The molecule has 0 N–H and O–H groups in total. The van der Waals surface area contributed by atoms with E-state index >= 15 is 0 Å². The summed E-state index contributed by atoms with van der Waals surface area (Å²) in [4.78, 5) is 9.63. The topological polar surface area (TPSA) is 41.7 Å². The molecule has 5 nitrogen and oxygen atoms in total. The van der Waals surface area contributed by atoms with Crippen LogP contribution < -0.4 is 0 Å². The molecule has 0 amide bonds. The van der Waals surface area contributed by atoms with Crippen molar-refractivity contribution in [3.63, 3.8) is 0 Å². The average Bonchev–Trinajstić information content (AvgIpc) is 3.22. The highest BCUT2D eigenvalue weighted by atomic mass is 16.5. The summed E-state index contributed by atoms with van der Waals surface area (Å²) in [5, 5.41) is 0. The van der Waals surface area contributed by atoms with Gasteiger partial charge in [0.25, 0.3) is 0 Å². The zero-order valence-electron chi connectivity index (χ0n) is 14.2. The number of nitrogens with zero attached hydrogens (tertiary/aromatic N) is 3. The number of furan rings is 1.